The van der Waals surface area contributed by atoms with Gasteiger partial charge >= 0.3 is 6.18 Å². The Morgan fingerprint density at radius 2 is 1.70 bits per heavy atom. The third-order valence-electron chi connectivity index (χ3n) is 9.14. The minimum atomic E-state index is -4.63. The van der Waals surface area contributed by atoms with Gasteiger partial charge in [-0.15, -0.1) is 0 Å². The molecule has 7 nitrogen and oxygen atoms in total. The van der Waals surface area contributed by atoms with Crippen LogP contribution >= 0.6 is 0 Å². The zero-order chi connectivity index (χ0) is 34.5. The van der Waals surface area contributed by atoms with Crippen molar-refractivity contribution in [3.8, 4) is 11.1 Å². The van der Waals surface area contributed by atoms with E-state index in [4.69, 9.17) is 0 Å². The number of benzene rings is 1. The Labute approximate surface area is 276 Å². The summed E-state index contributed by atoms with van der Waals surface area (Å²) in [7, 11) is 2.05. The predicted molar refractivity (Wildman–Crippen MR) is 186 cm³/mol. The van der Waals surface area contributed by atoms with Crippen molar-refractivity contribution in [2.75, 3.05) is 61.4 Å². The maximum atomic E-state index is 16.0. The molecule has 0 saturated carbocycles. The summed E-state index contributed by atoms with van der Waals surface area (Å²) < 4.78 is 58.2. The molecule has 2 aliphatic heterocycles. The van der Waals surface area contributed by atoms with Crippen LogP contribution in [0.4, 0.5) is 34.8 Å². The molecule has 0 spiro atoms. The van der Waals surface area contributed by atoms with Crippen molar-refractivity contribution in [2.45, 2.75) is 52.4 Å². The zero-order valence-electron chi connectivity index (χ0n) is 28.1. The lowest BCUT2D eigenvalue weighted by Crippen LogP contribution is -2.55. The molecule has 254 valence electrons. The first-order chi connectivity index (χ1) is 22.3. The Bertz CT molecular complexity index is 1490. The quantitative estimate of drug-likeness (QED) is 0.192. The fourth-order valence-corrected chi connectivity index (χ4v) is 6.13. The topological polar surface area (TPSA) is 49.9 Å². The van der Waals surface area contributed by atoms with Gasteiger partial charge in [0.15, 0.2) is 0 Å². The van der Waals surface area contributed by atoms with E-state index in [-0.39, 0.29) is 28.9 Å². The fraction of sp³-hybridized carbons (Fsp3) is 0.417. The molecule has 2 N–H and O–H groups in total. The van der Waals surface area contributed by atoms with Crippen LogP contribution in [-0.2, 0) is 0 Å². The van der Waals surface area contributed by atoms with Crippen LogP contribution in [-0.4, -0.2) is 79.4 Å². The van der Waals surface area contributed by atoms with Gasteiger partial charge in [0.25, 0.3) is 0 Å². The highest BCUT2D eigenvalue weighted by Gasteiger charge is 2.36. The van der Waals surface area contributed by atoms with Gasteiger partial charge in [-0.3, -0.25) is 4.90 Å². The molecule has 3 heterocycles. The Morgan fingerprint density at radius 1 is 1.04 bits per heavy atom. The number of halogens is 4. The lowest BCUT2D eigenvalue weighted by molar-refractivity contribution is -0.0892. The molecule has 1 aromatic heterocycles. The molecular weight excluding hydrogens is 606 g/mol. The first-order valence-corrected chi connectivity index (χ1v) is 16.0. The highest BCUT2D eigenvalue weighted by Crippen LogP contribution is 2.39. The van der Waals surface area contributed by atoms with Crippen molar-refractivity contribution >= 4 is 17.2 Å². The van der Waals surface area contributed by atoms with Crippen LogP contribution in [0.5, 0.6) is 0 Å². The molecule has 4 rings (SSSR count). The summed E-state index contributed by atoms with van der Waals surface area (Å²) in [6, 6.07) is 7.14. The number of hydrogen-bond donors (Lipinski definition) is 2. The van der Waals surface area contributed by atoms with E-state index in [2.05, 4.69) is 82.8 Å². The van der Waals surface area contributed by atoms with Crippen molar-refractivity contribution in [3.63, 3.8) is 0 Å². The number of likely N-dealkylation sites (N-methyl/N-ethyl adjacent to an activating group) is 1. The lowest BCUT2D eigenvalue weighted by atomic mass is 10.0. The second kappa shape index (κ2) is 15.1. The van der Waals surface area contributed by atoms with E-state index < -0.39 is 17.6 Å². The van der Waals surface area contributed by atoms with Crippen molar-refractivity contribution < 1.29 is 17.6 Å². The Morgan fingerprint density at radius 3 is 2.23 bits per heavy atom. The first kappa shape index (κ1) is 35.6. The molecule has 2 saturated heterocycles. The molecule has 2 unspecified atom stereocenters. The number of allylic oxidation sites excluding steroid dienone is 3. The van der Waals surface area contributed by atoms with Gasteiger partial charge in [0.2, 0.25) is 0 Å². The number of rotatable bonds is 11. The first-order valence-electron chi connectivity index (χ1n) is 16.0. The van der Waals surface area contributed by atoms with Crippen LogP contribution in [0.15, 0.2) is 91.2 Å². The summed E-state index contributed by atoms with van der Waals surface area (Å²) in [5.41, 5.74) is 1.88. The van der Waals surface area contributed by atoms with Crippen LogP contribution in [0, 0.1) is 5.82 Å². The second-order valence-electron chi connectivity index (χ2n) is 12.1. The molecule has 0 bridgehead atoms. The smallest absolute Gasteiger partial charge is 0.372 e. The molecule has 0 radical (unpaired) electrons. The van der Waals surface area contributed by atoms with Crippen LogP contribution in [0.2, 0.25) is 0 Å². The van der Waals surface area contributed by atoms with E-state index in [0.29, 0.717) is 30.0 Å². The molecule has 0 aliphatic carbocycles. The summed E-state index contributed by atoms with van der Waals surface area (Å²) >= 11 is 0. The molecule has 2 fully saturated rings. The minimum Gasteiger partial charge on any atom is -0.372 e. The third-order valence-corrected chi connectivity index (χ3v) is 9.14. The number of alkyl halides is 3. The molecule has 1 aromatic carbocycles. The molecule has 2 aromatic rings. The zero-order valence-corrected chi connectivity index (χ0v) is 28.1. The number of piperazine rings is 2. The highest BCUT2D eigenvalue weighted by atomic mass is 19.4. The number of anilines is 3. The maximum Gasteiger partial charge on any atom is 0.416 e. The number of hydrogen-bond acceptors (Lipinski definition) is 7. The summed E-state index contributed by atoms with van der Waals surface area (Å²) in [6.07, 6.45) is 1.41. The fourth-order valence-electron chi connectivity index (χ4n) is 6.13. The minimum absolute atomic E-state index is 0.00261. The van der Waals surface area contributed by atoms with Gasteiger partial charge in [0, 0.05) is 91.8 Å². The summed E-state index contributed by atoms with van der Waals surface area (Å²) in [5.74, 6) is 0.348. The summed E-state index contributed by atoms with van der Waals surface area (Å²) in [5, 5.41) is 5.77. The van der Waals surface area contributed by atoms with E-state index in [1.54, 1.807) is 12.3 Å². The van der Waals surface area contributed by atoms with Crippen LogP contribution in [0.3, 0.4) is 0 Å². The number of nitrogens with one attached hydrogen (secondary N) is 2. The van der Waals surface area contributed by atoms with Crippen molar-refractivity contribution in [3.05, 3.63) is 97.0 Å². The molecule has 11 heteroatoms. The van der Waals surface area contributed by atoms with Crippen molar-refractivity contribution in [2.24, 2.45) is 0 Å². The number of pyridine rings is 1. The van der Waals surface area contributed by atoms with Gasteiger partial charge in [-0.05, 0) is 64.7 Å². The highest BCUT2D eigenvalue weighted by molar-refractivity contribution is 5.81. The monoisotopic (exact) mass is 653 g/mol. The number of aromatic nitrogens is 1. The van der Waals surface area contributed by atoms with E-state index >= 15 is 4.39 Å². The van der Waals surface area contributed by atoms with Crippen LogP contribution in [0.25, 0.3) is 11.1 Å². The second-order valence-corrected chi connectivity index (χ2v) is 12.1. The van der Waals surface area contributed by atoms with Crippen molar-refractivity contribution in [1.82, 2.24) is 20.1 Å². The van der Waals surface area contributed by atoms with Gasteiger partial charge in [0.05, 0.1) is 16.9 Å². The Balaban J connectivity index is 1.71. The van der Waals surface area contributed by atoms with Crippen LogP contribution < -0.4 is 20.4 Å². The molecular formula is C36H47F4N7. The average Bonchev–Trinajstić information content (AvgIpc) is 3.05. The molecule has 2 aliphatic rings. The molecule has 47 heavy (non-hydrogen) atoms. The largest absolute Gasteiger partial charge is 0.416 e. The molecule has 2 atom stereocenters. The third kappa shape index (κ3) is 8.19. The van der Waals surface area contributed by atoms with Gasteiger partial charge in [0.1, 0.15) is 11.6 Å². The standard InChI is InChI=1S/C36H47F4N7/c1-9-24(4)45-14-16-46(17-15-45)35-13-12-28(20-42-35)29-18-33(34(19-32(29)37)47-22-25(5)44(8)26(6)23-47)43-27(7)30(21-41-11-3)31(10-2)36(38,39)40/h10-13,18-21,25-26,41,43H,3-4,7,9,14-17,22-23H2,1-2,5-6,8H3/b30-21-,31-10+. The van der Waals surface area contributed by atoms with E-state index in [9.17, 15) is 13.2 Å². The van der Waals surface area contributed by atoms with E-state index in [1.807, 2.05) is 12.1 Å². The molecule has 0 amide bonds. The SMILES string of the molecule is C=CN/C=C(C(=C)Nc1cc(-c2ccc(N3CCN(C(=C)CC)CC3)nc2)c(F)cc1N1CC(C)N(C)C(C)C1)\C(=C/C)C(F)(F)F. The summed E-state index contributed by atoms with van der Waals surface area (Å²) in [4.78, 5) is 13.5. The normalized spacial score (nSPS) is 19.9. The predicted octanol–water partition coefficient (Wildman–Crippen LogP) is 7.51. The van der Waals surface area contributed by atoms with Crippen molar-refractivity contribution in [1.29, 1.82) is 0 Å². The van der Waals surface area contributed by atoms with Gasteiger partial charge in [-0.25, -0.2) is 9.37 Å². The van der Waals surface area contributed by atoms with Gasteiger partial charge < -0.3 is 25.3 Å². The Hall–Kier alpha value is -4.25. The average molecular weight is 654 g/mol. The number of nitrogens with zero attached hydrogens (tertiary/aromatic N) is 5. The lowest BCUT2D eigenvalue weighted by Gasteiger charge is -2.44. The van der Waals surface area contributed by atoms with Gasteiger partial charge in [-0.2, -0.15) is 13.2 Å². The summed E-state index contributed by atoms with van der Waals surface area (Å²) in [6.45, 7) is 23.8. The van der Waals surface area contributed by atoms with E-state index in [1.165, 1.54) is 25.4 Å². The van der Waals surface area contributed by atoms with Crippen LogP contribution in [0.1, 0.15) is 34.1 Å². The van der Waals surface area contributed by atoms with Gasteiger partial charge in [-0.1, -0.05) is 32.7 Å². The van der Waals surface area contributed by atoms with E-state index in [0.717, 1.165) is 50.2 Å². The maximum absolute atomic E-state index is 16.0. The Kier molecular flexibility index (Phi) is 11.4.